The molecule has 1 aromatic carbocycles. The molecule has 1 aromatic heterocycles. The Morgan fingerprint density at radius 1 is 1.32 bits per heavy atom. The molecule has 7 heteroatoms. The molecule has 2 heterocycles. The van der Waals surface area contributed by atoms with Crippen molar-refractivity contribution in [2.75, 3.05) is 18.0 Å². The summed E-state index contributed by atoms with van der Waals surface area (Å²) in [6, 6.07) is 5.52. The van der Waals surface area contributed by atoms with Gasteiger partial charge in [0.2, 0.25) is 0 Å². The van der Waals surface area contributed by atoms with Crippen molar-refractivity contribution in [3.8, 4) is 5.75 Å². The Bertz CT molecular complexity index is 792. The molecule has 1 N–H and O–H groups in total. The number of ether oxygens (including phenoxy) is 1. The molecule has 0 radical (unpaired) electrons. The van der Waals surface area contributed by atoms with E-state index in [4.69, 9.17) is 4.74 Å². The van der Waals surface area contributed by atoms with Crippen molar-refractivity contribution >= 4 is 15.7 Å². The number of benzene rings is 1. The maximum absolute atomic E-state index is 13.0. The molecular formula is C15H19N3O3S. The Kier molecular flexibility index (Phi) is 3.60. The lowest BCUT2D eigenvalue weighted by Crippen LogP contribution is -2.36. The number of aromatic amines is 1. The van der Waals surface area contributed by atoms with Gasteiger partial charge in [0.1, 0.15) is 10.6 Å². The first-order chi connectivity index (χ1) is 10.4. The van der Waals surface area contributed by atoms with Gasteiger partial charge in [0.15, 0.2) is 0 Å². The van der Waals surface area contributed by atoms with E-state index < -0.39 is 10.0 Å². The molecule has 22 heavy (non-hydrogen) atoms. The predicted octanol–water partition coefficient (Wildman–Crippen LogP) is 2.18. The number of aryl methyl sites for hydroxylation is 3. The number of fused-ring (bicyclic) bond motifs is 1. The zero-order valence-electron chi connectivity index (χ0n) is 12.9. The number of hydrogen-bond donors (Lipinski definition) is 1. The molecule has 1 aliphatic heterocycles. The lowest BCUT2D eigenvalue weighted by molar-refractivity contribution is 0.414. The first-order valence-corrected chi connectivity index (χ1v) is 8.60. The zero-order valence-corrected chi connectivity index (χ0v) is 13.7. The normalized spacial score (nSPS) is 14.8. The number of rotatable bonds is 3. The van der Waals surface area contributed by atoms with Crippen LogP contribution in [0, 0.1) is 13.8 Å². The molecule has 0 aliphatic carbocycles. The third kappa shape index (κ3) is 2.25. The first-order valence-electron chi connectivity index (χ1n) is 7.16. The molecule has 3 rings (SSSR count). The number of methoxy groups -OCH3 is 1. The highest BCUT2D eigenvalue weighted by atomic mass is 32.2. The molecule has 2 aromatic rings. The molecule has 1 aliphatic rings. The van der Waals surface area contributed by atoms with E-state index in [-0.39, 0.29) is 4.90 Å². The number of nitrogens with one attached hydrogen (secondary N) is 1. The van der Waals surface area contributed by atoms with Crippen molar-refractivity contribution in [3.05, 3.63) is 35.2 Å². The first kappa shape index (κ1) is 14.9. The molecule has 0 amide bonds. The molecule has 0 bridgehead atoms. The average Bonchev–Trinajstić information content (AvgIpc) is 2.85. The summed E-state index contributed by atoms with van der Waals surface area (Å²) in [5.41, 5.74) is 2.79. The average molecular weight is 321 g/mol. The van der Waals surface area contributed by atoms with E-state index in [9.17, 15) is 8.42 Å². The van der Waals surface area contributed by atoms with Gasteiger partial charge in [-0.05, 0) is 50.5 Å². The van der Waals surface area contributed by atoms with E-state index in [0.717, 1.165) is 29.8 Å². The van der Waals surface area contributed by atoms with Crippen molar-refractivity contribution in [3.63, 3.8) is 0 Å². The van der Waals surface area contributed by atoms with Gasteiger partial charge in [0, 0.05) is 6.54 Å². The van der Waals surface area contributed by atoms with Crippen LogP contribution in [-0.2, 0) is 16.4 Å². The van der Waals surface area contributed by atoms with Gasteiger partial charge >= 0.3 is 0 Å². The maximum atomic E-state index is 13.0. The number of anilines is 1. The quantitative estimate of drug-likeness (QED) is 0.940. The molecule has 0 unspecified atom stereocenters. The van der Waals surface area contributed by atoms with Crippen molar-refractivity contribution in [2.45, 2.75) is 31.6 Å². The van der Waals surface area contributed by atoms with Gasteiger partial charge in [-0.1, -0.05) is 0 Å². The van der Waals surface area contributed by atoms with Gasteiger partial charge in [-0.2, -0.15) is 5.10 Å². The van der Waals surface area contributed by atoms with E-state index in [1.807, 2.05) is 12.1 Å². The predicted molar refractivity (Wildman–Crippen MR) is 83.9 cm³/mol. The number of nitrogens with zero attached hydrogens (tertiary/aromatic N) is 2. The van der Waals surface area contributed by atoms with E-state index in [0.29, 0.717) is 17.9 Å². The molecular weight excluding hydrogens is 302 g/mol. The van der Waals surface area contributed by atoms with Gasteiger partial charge < -0.3 is 4.74 Å². The summed E-state index contributed by atoms with van der Waals surface area (Å²) in [6.45, 7) is 3.91. The number of aromatic nitrogens is 2. The second kappa shape index (κ2) is 5.31. The molecule has 0 saturated heterocycles. The number of sulfonamides is 1. The van der Waals surface area contributed by atoms with Crippen LogP contribution in [0.5, 0.6) is 5.75 Å². The summed E-state index contributed by atoms with van der Waals surface area (Å²) >= 11 is 0. The van der Waals surface area contributed by atoms with Crippen LogP contribution in [0.4, 0.5) is 5.69 Å². The highest BCUT2D eigenvalue weighted by Crippen LogP contribution is 2.35. The monoisotopic (exact) mass is 321 g/mol. The standard InChI is InChI=1S/C15H19N3O3S/c1-10-15(11(2)17-16-10)22(19,20)18-8-4-5-12-9-13(21-3)6-7-14(12)18/h6-7,9H,4-5,8H2,1-3H3,(H,16,17). The highest BCUT2D eigenvalue weighted by Gasteiger charge is 2.32. The topological polar surface area (TPSA) is 75.3 Å². The number of H-pyrrole nitrogens is 1. The van der Waals surface area contributed by atoms with Crippen LogP contribution in [0.3, 0.4) is 0 Å². The highest BCUT2D eigenvalue weighted by molar-refractivity contribution is 7.93. The lowest BCUT2D eigenvalue weighted by atomic mass is 10.0. The van der Waals surface area contributed by atoms with Crippen LogP contribution >= 0.6 is 0 Å². The second-order valence-electron chi connectivity index (χ2n) is 5.44. The minimum atomic E-state index is -3.61. The minimum Gasteiger partial charge on any atom is -0.497 e. The lowest BCUT2D eigenvalue weighted by Gasteiger charge is -2.30. The fourth-order valence-electron chi connectivity index (χ4n) is 2.95. The Morgan fingerprint density at radius 2 is 2.09 bits per heavy atom. The van der Waals surface area contributed by atoms with E-state index in [1.54, 1.807) is 27.0 Å². The van der Waals surface area contributed by atoms with E-state index >= 15 is 0 Å². The fourth-order valence-corrected chi connectivity index (χ4v) is 4.82. The third-order valence-electron chi connectivity index (χ3n) is 3.97. The van der Waals surface area contributed by atoms with Crippen LogP contribution in [0.2, 0.25) is 0 Å². The van der Waals surface area contributed by atoms with Gasteiger partial charge in [-0.15, -0.1) is 0 Å². The molecule has 118 valence electrons. The van der Waals surface area contributed by atoms with Crippen molar-refractivity contribution in [2.24, 2.45) is 0 Å². The van der Waals surface area contributed by atoms with Gasteiger partial charge in [-0.3, -0.25) is 9.40 Å². The largest absolute Gasteiger partial charge is 0.497 e. The summed E-state index contributed by atoms with van der Waals surface area (Å²) in [6.07, 6.45) is 1.64. The Balaban J connectivity index is 2.11. The molecule has 0 saturated carbocycles. The zero-order chi connectivity index (χ0) is 15.9. The Hall–Kier alpha value is -2.02. The molecule has 0 fully saturated rings. The summed E-state index contributed by atoms with van der Waals surface area (Å²) in [7, 11) is -2.01. The second-order valence-corrected chi connectivity index (χ2v) is 7.24. The molecule has 6 nitrogen and oxygen atoms in total. The van der Waals surface area contributed by atoms with Gasteiger partial charge in [0.05, 0.1) is 24.2 Å². The summed E-state index contributed by atoms with van der Waals surface area (Å²) in [5.74, 6) is 0.744. The fraction of sp³-hybridized carbons (Fsp3) is 0.400. The summed E-state index contributed by atoms with van der Waals surface area (Å²) < 4.78 is 32.8. The third-order valence-corrected chi connectivity index (χ3v) is 6.05. The molecule has 0 atom stereocenters. The van der Waals surface area contributed by atoms with Crippen molar-refractivity contribution < 1.29 is 13.2 Å². The number of hydrogen-bond acceptors (Lipinski definition) is 4. The maximum Gasteiger partial charge on any atom is 0.267 e. The summed E-state index contributed by atoms with van der Waals surface area (Å²) in [5, 5.41) is 6.76. The minimum absolute atomic E-state index is 0.274. The Labute approximate surface area is 130 Å². The molecule has 0 spiro atoms. The van der Waals surface area contributed by atoms with Crippen LogP contribution in [0.25, 0.3) is 0 Å². The van der Waals surface area contributed by atoms with E-state index in [2.05, 4.69) is 10.2 Å². The van der Waals surface area contributed by atoms with Crippen molar-refractivity contribution in [1.82, 2.24) is 10.2 Å². The van der Waals surface area contributed by atoms with Gasteiger partial charge in [0.25, 0.3) is 10.0 Å². The SMILES string of the molecule is COc1ccc2c(c1)CCCN2S(=O)(=O)c1c(C)n[nH]c1C. The van der Waals surface area contributed by atoms with Crippen LogP contribution < -0.4 is 9.04 Å². The van der Waals surface area contributed by atoms with E-state index in [1.165, 1.54) is 4.31 Å². The van der Waals surface area contributed by atoms with Crippen LogP contribution in [0.15, 0.2) is 23.1 Å². The van der Waals surface area contributed by atoms with Gasteiger partial charge in [-0.25, -0.2) is 8.42 Å². The van der Waals surface area contributed by atoms with Crippen LogP contribution in [0.1, 0.15) is 23.4 Å². The van der Waals surface area contributed by atoms with Crippen molar-refractivity contribution in [1.29, 1.82) is 0 Å². The van der Waals surface area contributed by atoms with Crippen LogP contribution in [-0.4, -0.2) is 32.3 Å². The smallest absolute Gasteiger partial charge is 0.267 e. The Morgan fingerprint density at radius 3 is 2.73 bits per heavy atom. The summed E-state index contributed by atoms with van der Waals surface area (Å²) in [4.78, 5) is 0.274.